The summed E-state index contributed by atoms with van der Waals surface area (Å²) >= 11 is 0. The van der Waals surface area contributed by atoms with Crippen molar-refractivity contribution in [2.75, 3.05) is 0 Å². The van der Waals surface area contributed by atoms with Crippen molar-refractivity contribution in [1.29, 1.82) is 0 Å². The second-order valence-corrected chi connectivity index (χ2v) is 8.69. The zero-order valence-corrected chi connectivity index (χ0v) is 19.0. The van der Waals surface area contributed by atoms with Gasteiger partial charge in [-0.05, 0) is 31.6 Å². The highest BCUT2D eigenvalue weighted by atomic mass is 14.1. The van der Waals surface area contributed by atoms with Gasteiger partial charge in [-0.1, -0.05) is 128 Å². The molecule has 0 nitrogen and oxygen atoms in total. The Kier molecular flexibility index (Phi) is 23.1. The molecule has 0 heterocycles. The van der Waals surface area contributed by atoms with Crippen LogP contribution in [0.3, 0.4) is 0 Å². The maximum Gasteiger partial charge on any atom is -0.0353 e. The smallest absolute Gasteiger partial charge is 0.0353 e. The van der Waals surface area contributed by atoms with Gasteiger partial charge in [-0.3, -0.25) is 0 Å². The van der Waals surface area contributed by atoms with E-state index in [9.17, 15) is 0 Å². The third kappa shape index (κ3) is 21.6. The van der Waals surface area contributed by atoms with Gasteiger partial charge in [0.05, 0.1) is 0 Å². The minimum absolute atomic E-state index is 1.02. The van der Waals surface area contributed by atoms with E-state index in [0.717, 1.165) is 5.92 Å². The summed E-state index contributed by atoms with van der Waals surface area (Å²) in [6, 6.07) is 0. The third-order valence-electron chi connectivity index (χ3n) is 6.01. The van der Waals surface area contributed by atoms with Crippen LogP contribution >= 0.6 is 0 Å². The molecule has 0 aliphatic carbocycles. The zero-order chi connectivity index (χ0) is 19.8. The Morgan fingerprint density at radius 3 is 1.19 bits per heavy atom. The highest BCUT2D eigenvalue weighted by molar-refractivity contribution is 4.66. The first-order valence-corrected chi connectivity index (χ1v) is 12.6. The van der Waals surface area contributed by atoms with Crippen molar-refractivity contribution in [3.05, 3.63) is 25.3 Å². The molecule has 0 fully saturated rings. The Bertz CT molecular complexity index is 264. The molecule has 0 atom stereocenters. The lowest BCUT2D eigenvalue weighted by molar-refractivity contribution is 0.370. The van der Waals surface area contributed by atoms with Crippen LogP contribution in [0, 0.1) is 5.92 Å². The Labute approximate surface area is 173 Å². The van der Waals surface area contributed by atoms with E-state index in [1.165, 1.54) is 135 Å². The lowest BCUT2D eigenvalue weighted by atomic mass is 9.90. The third-order valence-corrected chi connectivity index (χ3v) is 6.01. The Hall–Kier alpha value is -0.520. The Balaban J connectivity index is 3.55. The molecule has 0 aliphatic heterocycles. The molecule has 0 aromatic heterocycles. The van der Waals surface area contributed by atoms with Crippen LogP contribution in [0.25, 0.3) is 0 Å². The van der Waals surface area contributed by atoms with Gasteiger partial charge in [0.25, 0.3) is 0 Å². The molecule has 0 amide bonds. The monoisotopic (exact) mass is 376 g/mol. The molecule has 27 heavy (non-hydrogen) atoms. The van der Waals surface area contributed by atoms with E-state index >= 15 is 0 Å². The number of rotatable bonds is 23. The van der Waals surface area contributed by atoms with Crippen LogP contribution in [0.5, 0.6) is 0 Å². The molecule has 0 radical (unpaired) electrons. The molecular formula is C27H52. The maximum atomic E-state index is 3.80. The molecule has 160 valence electrons. The van der Waals surface area contributed by atoms with Crippen LogP contribution in [-0.4, -0.2) is 0 Å². The second-order valence-electron chi connectivity index (χ2n) is 8.69. The van der Waals surface area contributed by atoms with Gasteiger partial charge in [0.15, 0.2) is 0 Å². The van der Waals surface area contributed by atoms with Crippen molar-refractivity contribution < 1.29 is 0 Å². The van der Waals surface area contributed by atoms with Crippen LogP contribution in [0.4, 0.5) is 0 Å². The highest BCUT2D eigenvalue weighted by Crippen LogP contribution is 2.24. The van der Waals surface area contributed by atoms with E-state index in [1.54, 1.807) is 0 Å². The van der Waals surface area contributed by atoms with Crippen LogP contribution < -0.4 is 0 Å². The molecule has 0 unspecified atom stereocenters. The van der Waals surface area contributed by atoms with Gasteiger partial charge >= 0.3 is 0 Å². The molecule has 0 aliphatic rings. The number of hydrogen-bond donors (Lipinski definition) is 0. The summed E-state index contributed by atoms with van der Waals surface area (Å²) < 4.78 is 0. The average molecular weight is 377 g/mol. The van der Waals surface area contributed by atoms with Gasteiger partial charge in [-0.2, -0.15) is 0 Å². The molecule has 0 aromatic rings. The van der Waals surface area contributed by atoms with Crippen molar-refractivity contribution in [2.45, 2.75) is 142 Å². The fourth-order valence-corrected chi connectivity index (χ4v) is 4.14. The van der Waals surface area contributed by atoms with Crippen molar-refractivity contribution in [3.8, 4) is 0 Å². The van der Waals surface area contributed by atoms with E-state index in [-0.39, 0.29) is 0 Å². The summed E-state index contributed by atoms with van der Waals surface area (Å²) in [6.07, 6.45) is 33.9. The summed E-state index contributed by atoms with van der Waals surface area (Å²) in [6.45, 7) is 9.95. The van der Waals surface area contributed by atoms with Gasteiger partial charge in [-0.25, -0.2) is 0 Å². The first kappa shape index (κ1) is 26.5. The second kappa shape index (κ2) is 23.5. The largest absolute Gasteiger partial charge is 0.103 e. The van der Waals surface area contributed by atoms with Crippen LogP contribution in [0.1, 0.15) is 142 Å². The SMILES string of the molecule is C=CCCCCCCCCCC(CCCC)CCCCCCCCCC=C. The normalized spacial score (nSPS) is 11.2. The predicted octanol–water partition coefficient (Wildman–Crippen LogP) is 10.2. The quantitative estimate of drug-likeness (QED) is 0.123. The summed E-state index contributed by atoms with van der Waals surface area (Å²) in [4.78, 5) is 0. The fraction of sp³-hybridized carbons (Fsp3) is 0.852. The highest BCUT2D eigenvalue weighted by Gasteiger charge is 2.08. The summed E-state index contributed by atoms with van der Waals surface area (Å²) in [7, 11) is 0. The predicted molar refractivity (Wildman–Crippen MR) is 127 cm³/mol. The van der Waals surface area contributed by atoms with Crippen molar-refractivity contribution in [3.63, 3.8) is 0 Å². The minimum Gasteiger partial charge on any atom is -0.103 e. The summed E-state index contributed by atoms with van der Waals surface area (Å²) in [5, 5.41) is 0. The molecule has 0 rings (SSSR count). The molecule has 0 spiro atoms. The van der Waals surface area contributed by atoms with Crippen molar-refractivity contribution in [1.82, 2.24) is 0 Å². The minimum atomic E-state index is 1.02. The van der Waals surface area contributed by atoms with Gasteiger partial charge in [0.2, 0.25) is 0 Å². The fourth-order valence-electron chi connectivity index (χ4n) is 4.14. The molecule has 0 heteroatoms. The van der Waals surface area contributed by atoms with E-state index in [1.807, 2.05) is 0 Å². The Morgan fingerprint density at radius 2 is 0.815 bits per heavy atom. The molecule has 0 bridgehead atoms. The Morgan fingerprint density at radius 1 is 0.481 bits per heavy atom. The van der Waals surface area contributed by atoms with E-state index < -0.39 is 0 Å². The molecule has 0 aromatic carbocycles. The maximum absolute atomic E-state index is 3.80. The van der Waals surface area contributed by atoms with Crippen molar-refractivity contribution in [2.24, 2.45) is 5.92 Å². The summed E-state index contributed by atoms with van der Waals surface area (Å²) in [5.41, 5.74) is 0. The van der Waals surface area contributed by atoms with Gasteiger partial charge in [-0.15, -0.1) is 13.2 Å². The number of allylic oxidation sites excluding steroid dienone is 2. The lowest BCUT2D eigenvalue weighted by Crippen LogP contribution is -2.01. The zero-order valence-electron chi connectivity index (χ0n) is 19.0. The summed E-state index contributed by atoms with van der Waals surface area (Å²) in [5.74, 6) is 1.02. The number of unbranched alkanes of at least 4 members (excludes halogenated alkanes) is 15. The van der Waals surface area contributed by atoms with E-state index in [2.05, 4.69) is 32.2 Å². The lowest BCUT2D eigenvalue weighted by Gasteiger charge is -2.16. The topological polar surface area (TPSA) is 0 Å². The molecular weight excluding hydrogens is 324 g/mol. The van der Waals surface area contributed by atoms with E-state index in [0.29, 0.717) is 0 Å². The van der Waals surface area contributed by atoms with Crippen LogP contribution in [-0.2, 0) is 0 Å². The average Bonchev–Trinajstić information content (AvgIpc) is 2.68. The van der Waals surface area contributed by atoms with Gasteiger partial charge in [0, 0.05) is 0 Å². The number of hydrogen-bond acceptors (Lipinski definition) is 0. The first-order chi connectivity index (χ1) is 13.3. The molecule has 0 saturated carbocycles. The standard InChI is InChI=1S/C27H52/c1-4-7-10-12-14-16-18-20-22-25-27(24-9-6-3)26-23-21-19-17-15-13-11-8-5-2/h4-5,27H,1-2,6-26H2,3H3. The van der Waals surface area contributed by atoms with Gasteiger partial charge < -0.3 is 0 Å². The van der Waals surface area contributed by atoms with Crippen LogP contribution in [0.2, 0.25) is 0 Å². The van der Waals surface area contributed by atoms with Crippen molar-refractivity contribution >= 4 is 0 Å². The van der Waals surface area contributed by atoms with Crippen LogP contribution in [0.15, 0.2) is 25.3 Å². The van der Waals surface area contributed by atoms with E-state index in [4.69, 9.17) is 0 Å². The molecule has 0 N–H and O–H groups in total. The van der Waals surface area contributed by atoms with Gasteiger partial charge in [0.1, 0.15) is 0 Å². The molecule has 0 saturated heterocycles. The first-order valence-electron chi connectivity index (χ1n) is 12.6.